The van der Waals surface area contributed by atoms with Gasteiger partial charge in [-0.25, -0.2) is 0 Å². The van der Waals surface area contributed by atoms with Crippen LogP contribution in [-0.4, -0.2) is 24.4 Å². The Labute approximate surface area is 147 Å². The van der Waals surface area contributed by atoms with Crippen molar-refractivity contribution in [2.75, 3.05) is 13.7 Å². The predicted molar refractivity (Wildman–Crippen MR) is 96.8 cm³/mol. The molecule has 1 N–H and O–H groups in total. The molecule has 0 amide bonds. The highest BCUT2D eigenvalue weighted by Gasteiger charge is 2.30. The summed E-state index contributed by atoms with van der Waals surface area (Å²) < 4.78 is 17.6. The van der Waals surface area contributed by atoms with E-state index in [9.17, 15) is 5.11 Å². The van der Waals surface area contributed by atoms with Crippen LogP contribution in [0, 0.1) is 0 Å². The standard InChI is InChI=1S/C21H22O4/c1-21(2)9-8-17-18(25-21)7-4-13-10-14(12-24-20(13)17)16-6-5-15(22)11-19(16)23-3/h4-9,11,14,22H,10,12H2,1-3H3. The summed E-state index contributed by atoms with van der Waals surface area (Å²) in [6.07, 6.45) is 5.02. The molecule has 0 aromatic heterocycles. The monoisotopic (exact) mass is 338 g/mol. The van der Waals surface area contributed by atoms with E-state index in [4.69, 9.17) is 14.2 Å². The van der Waals surface area contributed by atoms with Gasteiger partial charge in [0.1, 0.15) is 28.6 Å². The summed E-state index contributed by atoms with van der Waals surface area (Å²) in [6.45, 7) is 4.65. The van der Waals surface area contributed by atoms with Gasteiger partial charge in [0, 0.05) is 17.5 Å². The highest BCUT2D eigenvalue weighted by molar-refractivity contribution is 5.69. The molecule has 4 rings (SSSR count). The molecule has 1 unspecified atom stereocenters. The van der Waals surface area contributed by atoms with Gasteiger partial charge >= 0.3 is 0 Å². The molecule has 2 aliphatic rings. The molecule has 0 saturated carbocycles. The van der Waals surface area contributed by atoms with Crippen LogP contribution >= 0.6 is 0 Å². The van der Waals surface area contributed by atoms with Crippen LogP contribution in [-0.2, 0) is 6.42 Å². The molecule has 2 aromatic carbocycles. The number of hydrogen-bond donors (Lipinski definition) is 1. The summed E-state index contributed by atoms with van der Waals surface area (Å²) in [6, 6.07) is 9.37. The molecule has 1 atom stereocenters. The topological polar surface area (TPSA) is 47.9 Å². The smallest absolute Gasteiger partial charge is 0.133 e. The van der Waals surface area contributed by atoms with Crippen LogP contribution in [0.15, 0.2) is 36.4 Å². The highest BCUT2D eigenvalue weighted by Crippen LogP contribution is 2.44. The van der Waals surface area contributed by atoms with E-state index in [2.05, 4.69) is 18.2 Å². The number of hydrogen-bond acceptors (Lipinski definition) is 4. The van der Waals surface area contributed by atoms with E-state index in [1.165, 1.54) is 0 Å². The number of fused-ring (bicyclic) bond motifs is 3. The summed E-state index contributed by atoms with van der Waals surface area (Å²) in [5, 5.41) is 9.67. The number of benzene rings is 2. The second-order valence-electron chi connectivity index (χ2n) is 7.14. The van der Waals surface area contributed by atoms with Crippen molar-refractivity contribution in [1.29, 1.82) is 0 Å². The van der Waals surface area contributed by atoms with Gasteiger partial charge in [0.05, 0.1) is 19.3 Å². The third-order valence-electron chi connectivity index (χ3n) is 4.81. The largest absolute Gasteiger partial charge is 0.508 e. The quantitative estimate of drug-likeness (QED) is 0.887. The zero-order valence-electron chi connectivity index (χ0n) is 14.7. The first-order valence-electron chi connectivity index (χ1n) is 8.51. The zero-order valence-corrected chi connectivity index (χ0v) is 14.7. The lowest BCUT2D eigenvalue weighted by molar-refractivity contribution is 0.157. The maximum absolute atomic E-state index is 9.67. The molecule has 2 aromatic rings. The van der Waals surface area contributed by atoms with E-state index < -0.39 is 0 Å². The molecule has 25 heavy (non-hydrogen) atoms. The number of phenolic OH excluding ortho intramolecular Hbond substituents is 1. The first-order chi connectivity index (χ1) is 12.0. The Kier molecular flexibility index (Phi) is 3.64. The number of aromatic hydroxyl groups is 1. The van der Waals surface area contributed by atoms with E-state index in [0.717, 1.165) is 34.6 Å². The van der Waals surface area contributed by atoms with Crippen molar-refractivity contribution in [2.24, 2.45) is 0 Å². The fraction of sp³-hybridized carbons (Fsp3) is 0.333. The molecule has 0 radical (unpaired) electrons. The molecule has 4 nitrogen and oxygen atoms in total. The van der Waals surface area contributed by atoms with Crippen LogP contribution in [0.25, 0.3) is 6.08 Å². The van der Waals surface area contributed by atoms with Crippen molar-refractivity contribution < 1.29 is 19.3 Å². The van der Waals surface area contributed by atoms with Crippen molar-refractivity contribution in [3.05, 3.63) is 53.1 Å². The Bertz CT molecular complexity index is 851. The van der Waals surface area contributed by atoms with Gasteiger partial charge in [0.2, 0.25) is 0 Å². The summed E-state index contributed by atoms with van der Waals surface area (Å²) in [7, 11) is 1.62. The van der Waals surface area contributed by atoms with Crippen LogP contribution in [0.4, 0.5) is 0 Å². The summed E-state index contributed by atoms with van der Waals surface area (Å²) in [4.78, 5) is 0. The van der Waals surface area contributed by atoms with Crippen molar-refractivity contribution in [2.45, 2.75) is 31.8 Å². The summed E-state index contributed by atoms with van der Waals surface area (Å²) >= 11 is 0. The van der Waals surface area contributed by atoms with Gasteiger partial charge in [-0.1, -0.05) is 12.1 Å². The molecular formula is C21H22O4. The number of ether oxygens (including phenoxy) is 3. The minimum atomic E-state index is -0.294. The SMILES string of the molecule is COc1cc(O)ccc1C1COc2c(ccc3c2C=CC(C)(C)O3)C1. The molecule has 2 aliphatic heterocycles. The van der Waals surface area contributed by atoms with Gasteiger partial charge in [-0.05, 0) is 50.1 Å². The molecular weight excluding hydrogens is 316 g/mol. The predicted octanol–water partition coefficient (Wildman–Crippen LogP) is 4.30. The molecule has 0 bridgehead atoms. The Morgan fingerprint density at radius 3 is 2.84 bits per heavy atom. The molecule has 0 saturated heterocycles. The second-order valence-corrected chi connectivity index (χ2v) is 7.14. The lowest BCUT2D eigenvalue weighted by atomic mass is 9.88. The number of methoxy groups -OCH3 is 1. The van der Waals surface area contributed by atoms with Crippen molar-refractivity contribution in [1.82, 2.24) is 0 Å². The van der Waals surface area contributed by atoms with Crippen LogP contribution in [0.1, 0.15) is 36.5 Å². The van der Waals surface area contributed by atoms with Crippen LogP contribution < -0.4 is 14.2 Å². The van der Waals surface area contributed by atoms with E-state index >= 15 is 0 Å². The lowest BCUT2D eigenvalue weighted by Gasteiger charge is -2.32. The van der Waals surface area contributed by atoms with Crippen molar-refractivity contribution >= 4 is 6.08 Å². The first-order valence-corrected chi connectivity index (χ1v) is 8.51. The normalized spacial score (nSPS) is 20.0. The molecule has 130 valence electrons. The third kappa shape index (κ3) is 2.82. The van der Waals surface area contributed by atoms with Gasteiger partial charge < -0.3 is 19.3 Å². The van der Waals surface area contributed by atoms with Crippen LogP contribution in [0.3, 0.4) is 0 Å². The maximum Gasteiger partial charge on any atom is 0.133 e. The zero-order chi connectivity index (χ0) is 17.6. The van der Waals surface area contributed by atoms with Crippen molar-refractivity contribution in [3.8, 4) is 23.0 Å². The molecule has 4 heteroatoms. The molecule has 2 heterocycles. The van der Waals surface area contributed by atoms with Gasteiger partial charge in [0.25, 0.3) is 0 Å². The Hall–Kier alpha value is -2.62. The second kappa shape index (κ2) is 5.73. The Balaban J connectivity index is 1.67. The average molecular weight is 338 g/mol. The Morgan fingerprint density at radius 2 is 2.04 bits per heavy atom. The molecule has 0 fully saturated rings. The average Bonchev–Trinajstić information content (AvgIpc) is 2.60. The third-order valence-corrected chi connectivity index (χ3v) is 4.81. The van der Waals surface area contributed by atoms with Gasteiger partial charge in [-0.2, -0.15) is 0 Å². The number of rotatable bonds is 2. The maximum atomic E-state index is 9.67. The number of phenols is 1. The van der Waals surface area contributed by atoms with E-state index in [1.54, 1.807) is 19.2 Å². The first kappa shape index (κ1) is 15.9. The van der Waals surface area contributed by atoms with Gasteiger partial charge in [-0.3, -0.25) is 0 Å². The summed E-state index contributed by atoms with van der Waals surface area (Å²) in [5.74, 6) is 2.87. The van der Waals surface area contributed by atoms with Gasteiger partial charge in [-0.15, -0.1) is 0 Å². The highest BCUT2D eigenvalue weighted by atomic mass is 16.5. The molecule has 0 spiro atoms. The van der Waals surface area contributed by atoms with E-state index in [-0.39, 0.29) is 17.3 Å². The van der Waals surface area contributed by atoms with E-state index in [0.29, 0.717) is 12.4 Å². The van der Waals surface area contributed by atoms with Crippen molar-refractivity contribution in [3.63, 3.8) is 0 Å². The molecule has 0 aliphatic carbocycles. The summed E-state index contributed by atoms with van der Waals surface area (Å²) in [5.41, 5.74) is 2.94. The minimum Gasteiger partial charge on any atom is -0.508 e. The van der Waals surface area contributed by atoms with Gasteiger partial charge in [0.15, 0.2) is 0 Å². The van der Waals surface area contributed by atoms with Crippen LogP contribution in [0.5, 0.6) is 23.0 Å². The minimum absolute atomic E-state index is 0.186. The van der Waals surface area contributed by atoms with Crippen LogP contribution in [0.2, 0.25) is 0 Å². The fourth-order valence-corrected chi connectivity index (χ4v) is 3.55. The Morgan fingerprint density at radius 1 is 1.20 bits per heavy atom. The lowest BCUT2D eigenvalue weighted by Crippen LogP contribution is -2.28. The van der Waals surface area contributed by atoms with E-state index in [1.807, 2.05) is 26.0 Å². The fourth-order valence-electron chi connectivity index (χ4n) is 3.55.